The Hall–Kier alpha value is -2.01. The summed E-state index contributed by atoms with van der Waals surface area (Å²) < 4.78 is 26.9. The van der Waals surface area contributed by atoms with E-state index in [1.54, 1.807) is 11.1 Å². The highest BCUT2D eigenvalue weighted by Crippen LogP contribution is 2.39. The molecule has 0 saturated heterocycles. The third kappa shape index (κ3) is 3.00. The van der Waals surface area contributed by atoms with Gasteiger partial charge in [-0.2, -0.15) is 0 Å². The number of hydrogen-bond donors (Lipinski definition) is 0. The summed E-state index contributed by atoms with van der Waals surface area (Å²) in [5.41, 5.74) is 2.40. The first-order valence-corrected chi connectivity index (χ1v) is 8.15. The number of fused-ring (bicyclic) bond motifs is 1. The smallest absolute Gasteiger partial charge is 0.241 e. The number of benzene rings is 1. The van der Waals surface area contributed by atoms with Gasteiger partial charge in [-0.1, -0.05) is 19.9 Å². The molecule has 0 N–H and O–H groups in total. The molecule has 0 bridgehead atoms. The SMILES string of the molecule is CC1(C)CN(C(=O)CCl)c2cc(Cc3ccc(F)cc3F)cnc21. The highest BCUT2D eigenvalue weighted by atomic mass is 35.5. The topological polar surface area (TPSA) is 33.2 Å². The van der Waals surface area contributed by atoms with E-state index in [1.165, 1.54) is 12.1 Å². The molecule has 1 aromatic carbocycles. The highest BCUT2D eigenvalue weighted by molar-refractivity contribution is 6.29. The van der Waals surface area contributed by atoms with Crippen molar-refractivity contribution in [1.29, 1.82) is 0 Å². The van der Waals surface area contributed by atoms with E-state index in [2.05, 4.69) is 4.98 Å². The van der Waals surface area contributed by atoms with Gasteiger partial charge in [-0.25, -0.2) is 8.78 Å². The van der Waals surface area contributed by atoms with Crippen LogP contribution < -0.4 is 4.90 Å². The van der Waals surface area contributed by atoms with Crippen LogP contribution in [0.5, 0.6) is 0 Å². The van der Waals surface area contributed by atoms with Crippen molar-refractivity contribution in [2.45, 2.75) is 25.7 Å². The number of carbonyl (C=O) groups excluding carboxylic acids is 1. The normalized spacial score (nSPS) is 15.5. The van der Waals surface area contributed by atoms with Gasteiger partial charge in [0.2, 0.25) is 5.91 Å². The average Bonchev–Trinajstić information content (AvgIpc) is 2.80. The molecule has 1 aromatic heterocycles. The predicted octanol–water partition coefficient (Wildman–Crippen LogP) is 3.81. The molecule has 2 aromatic rings. The molecule has 0 atom stereocenters. The maximum atomic E-state index is 13.9. The van der Waals surface area contributed by atoms with Gasteiger partial charge in [0, 0.05) is 30.6 Å². The van der Waals surface area contributed by atoms with Crippen LogP contribution in [0.3, 0.4) is 0 Å². The number of carbonyl (C=O) groups is 1. The maximum absolute atomic E-state index is 13.9. The summed E-state index contributed by atoms with van der Waals surface area (Å²) in [4.78, 5) is 18.2. The van der Waals surface area contributed by atoms with E-state index >= 15 is 0 Å². The number of hydrogen-bond acceptors (Lipinski definition) is 2. The fourth-order valence-corrected chi connectivity index (χ4v) is 3.20. The van der Waals surface area contributed by atoms with E-state index < -0.39 is 11.6 Å². The lowest BCUT2D eigenvalue weighted by molar-refractivity contribution is -0.116. The van der Waals surface area contributed by atoms with Crippen LogP contribution in [0.15, 0.2) is 30.5 Å². The Morgan fingerprint density at radius 1 is 1.33 bits per heavy atom. The largest absolute Gasteiger partial charge is 0.309 e. The minimum Gasteiger partial charge on any atom is -0.309 e. The van der Waals surface area contributed by atoms with Gasteiger partial charge in [0.05, 0.1) is 11.4 Å². The van der Waals surface area contributed by atoms with Gasteiger partial charge in [0.15, 0.2) is 0 Å². The lowest BCUT2D eigenvalue weighted by Gasteiger charge is -2.19. The van der Waals surface area contributed by atoms with Gasteiger partial charge in [-0.15, -0.1) is 11.6 Å². The van der Waals surface area contributed by atoms with Gasteiger partial charge >= 0.3 is 0 Å². The zero-order chi connectivity index (χ0) is 17.5. The number of anilines is 1. The molecule has 0 unspecified atom stereocenters. The highest BCUT2D eigenvalue weighted by Gasteiger charge is 2.39. The molecule has 1 amide bonds. The Morgan fingerprint density at radius 3 is 2.75 bits per heavy atom. The Bertz CT molecular complexity index is 808. The second-order valence-corrected chi connectivity index (χ2v) is 6.89. The summed E-state index contributed by atoms with van der Waals surface area (Å²) in [6, 6.07) is 5.35. The van der Waals surface area contributed by atoms with Crippen molar-refractivity contribution in [2.24, 2.45) is 0 Å². The van der Waals surface area contributed by atoms with Crippen molar-refractivity contribution in [2.75, 3.05) is 17.3 Å². The van der Waals surface area contributed by atoms with Crippen LogP contribution in [0, 0.1) is 11.6 Å². The van der Waals surface area contributed by atoms with Gasteiger partial charge in [0.1, 0.15) is 17.5 Å². The molecule has 0 saturated carbocycles. The van der Waals surface area contributed by atoms with E-state index in [0.29, 0.717) is 17.8 Å². The van der Waals surface area contributed by atoms with E-state index in [0.717, 1.165) is 17.3 Å². The molecule has 3 nitrogen and oxygen atoms in total. The van der Waals surface area contributed by atoms with E-state index in [1.807, 2.05) is 19.9 Å². The van der Waals surface area contributed by atoms with Crippen LogP contribution in [-0.4, -0.2) is 23.3 Å². The Labute approximate surface area is 144 Å². The van der Waals surface area contributed by atoms with Crippen molar-refractivity contribution < 1.29 is 13.6 Å². The summed E-state index contributed by atoms with van der Waals surface area (Å²) in [6.07, 6.45) is 1.95. The van der Waals surface area contributed by atoms with Gasteiger partial charge in [-0.05, 0) is 23.3 Å². The molecule has 3 rings (SSSR count). The van der Waals surface area contributed by atoms with Crippen molar-refractivity contribution >= 4 is 23.2 Å². The van der Waals surface area contributed by atoms with Crippen LogP contribution >= 0.6 is 11.6 Å². The molecule has 6 heteroatoms. The number of rotatable bonds is 3. The summed E-state index contributed by atoms with van der Waals surface area (Å²) in [5, 5.41) is 0. The van der Waals surface area contributed by atoms with Crippen molar-refractivity contribution in [1.82, 2.24) is 4.98 Å². The van der Waals surface area contributed by atoms with Gasteiger partial charge in [-0.3, -0.25) is 9.78 Å². The van der Waals surface area contributed by atoms with Crippen LogP contribution in [0.1, 0.15) is 30.7 Å². The van der Waals surface area contributed by atoms with E-state index in [9.17, 15) is 13.6 Å². The molecule has 0 fully saturated rings. The van der Waals surface area contributed by atoms with Gasteiger partial charge in [0.25, 0.3) is 0 Å². The minimum atomic E-state index is -0.607. The number of pyridine rings is 1. The number of alkyl halides is 1. The first kappa shape index (κ1) is 16.8. The fraction of sp³-hybridized carbons (Fsp3) is 0.333. The Balaban J connectivity index is 1.97. The average molecular weight is 351 g/mol. The standard InChI is InChI=1S/C18H17ClF2N2O/c1-18(2)10-23(16(24)8-19)15-6-11(9-22-17(15)18)5-12-3-4-13(20)7-14(12)21/h3-4,6-7,9H,5,8,10H2,1-2H3. The maximum Gasteiger partial charge on any atom is 0.241 e. The molecule has 0 radical (unpaired) electrons. The summed E-state index contributed by atoms with van der Waals surface area (Å²) in [5.74, 6) is -1.49. The lowest BCUT2D eigenvalue weighted by atomic mass is 9.91. The summed E-state index contributed by atoms with van der Waals surface area (Å²) in [6.45, 7) is 4.54. The third-order valence-corrected chi connectivity index (χ3v) is 4.46. The van der Waals surface area contributed by atoms with Crippen LogP contribution in [-0.2, 0) is 16.6 Å². The van der Waals surface area contributed by atoms with Crippen molar-refractivity contribution in [3.8, 4) is 0 Å². The van der Waals surface area contributed by atoms with E-state index in [-0.39, 0.29) is 23.6 Å². The second-order valence-electron chi connectivity index (χ2n) is 6.62. The van der Waals surface area contributed by atoms with Crippen molar-refractivity contribution in [3.05, 3.63) is 58.9 Å². The molecule has 2 heterocycles. The Morgan fingerprint density at radius 2 is 2.08 bits per heavy atom. The third-order valence-electron chi connectivity index (χ3n) is 4.23. The summed E-state index contributed by atoms with van der Waals surface area (Å²) >= 11 is 5.70. The quantitative estimate of drug-likeness (QED) is 0.789. The van der Waals surface area contributed by atoms with Gasteiger partial charge < -0.3 is 4.90 Å². The second kappa shape index (κ2) is 6.13. The minimum absolute atomic E-state index is 0.105. The number of nitrogens with zero attached hydrogens (tertiary/aromatic N) is 2. The van der Waals surface area contributed by atoms with Crippen molar-refractivity contribution in [3.63, 3.8) is 0 Å². The number of amides is 1. The number of halogens is 3. The lowest BCUT2D eigenvalue weighted by Crippen LogP contribution is -2.34. The van der Waals surface area contributed by atoms with E-state index in [4.69, 9.17) is 11.6 Å². The zero-order valence-corrected chi connectivity index (χ0v) is 14.2. The molecule has 24 heavy (non-hydrogen) atoms. The molecule has 1 aliphatic heterocycles. The van der Waals surface area contributed by atoms with Crippen LogP contribution in [0.2, 0.25) is 0 Å². The fourth-order valence-electron chi connectivity index (χ4n) is 3.05. The molecular formula is C18H17ClF2N2O. The number of aromatic nitrogens is 1. The zero-order valence-electron chi connectivity index (χ0n) is 13.4. The first-order valence-electron chi connectivity index (χ1n) is 7.61. The monoisotopic (exact) mass is 350 g/mol. The van der Waals surface area contributed by atoms with Crippen LogP contribution in [0.25, 0.3) is 0 Å². The molecular weight excluding hydrogens is 334 g/mol. The van der Waals surface area contributed by atoms with Crippen LogP contribution in [0.4, 0.5) is 14.5 Å². The molecule has 1 aliphatic rings. The predicted molar refractivity (Wildman–Crippen MR) is 89.5 cm³/mol. The molecule has 0 spiro atoms. The molecule has 126 valence electrons. The molecule has 0 aliphatic carbocycles. The summed E-state index contributed by atoms with van der Waals surface area (Å²) in [7, 11) is 0. The Kier molecular flexibility index (Phi) is 4.30. The first-order chi connectivity index (χ1) is 11.3.